The molecule has 0 atom stereocenters. The maximum Gasteiger partial charge on any atom is 0.107 e. The van der Waals surface area contributed by atoms with Gasteiger partial charge in [0.15, 0.2) is 0 Å². The molecule has 0 aromatic heterocycles. The molecule has 0 saturated heterocycles. The first kappa shape index (κ1) is 14.9. The number of benzene rings is 2. The molecule has 0 aliphatic rings. The first-order chi connectivity index (χ1) is 9.25. The van der Waals surface area contributed by atoms with Gasteiger partial charge in [0.25, 0.3) is 0 Å². The molecule has 106 valence electrons. The third-order valence-electron chi connectivity index (χ3n) is 4.48. The summed E-state index contributed by atoms with van der Waals surface area (Å²) in [4.78, 5) is 0. The number of nitrogens with two attached hydrogens (primary N) is 2. The van der Waals surface area contributed by atoms with E-state index in [9.17, 15) is 0 Å². The van der Waals surface area contributed by atoms with E-state index in [1.165, 1.54) is 10.4 Å². The summed E-state index contributed by atoms with van der Waals surface area (Å²) in [5, 5.41) is 2.94. The van der Waals surface area contributed by atoms with Crippen LogP contribution in [-0.2, 0) is 0 Å². The summed E-state index contributed by atoms with van der Waals surface area (Å²) in [6, 6.07) is 17.0. The molecule has 0 aliphatic heterocycles. The van der Waals surface area contributed by atoms with E-state index in [4.69, 9.17) is 11.5 Å². The fourth-order valence-corrected chi connectivity index (χ4v) is 12.6. The van der Waals surface area contributed by atoms with E-state index in [-0.39, 0.29) is 0 Å². The quantitative estimate of drug-likeness (QED) is 0.676. The Hall–Kier alpha value is -1.53. The molecular weight excluding hydrogens is 276 g/mol. The molecule has 2 aromatic carbocycles. The molecule has 2 rings (SSSR count). The molecule has 0 saturated carbocycles. The molecule has 0 spiro atoms. The minimum Gasteiger partial charge on any atom is -0.399 e. The Balaban J connectivity index is 2.62. The van der Waals surface area contributed by atoms with E-state index < -0.39 is 15.2 Å². The Kier molecular flexibility index (Phi) is 3.80. The molecule has 0 bridgehead atoms. The number of hydrogen-bond donors (Lipinski definition) is 2. The number of hydrogen-bond acceptors (Lipinski definition) is 2. The van der Waals surface area contributed by atoms with Crippen LogP contribution in [0.1, 0.15) is 0 Å². The van der Waals surface area contributed by atoms with Crippen molar-refractivity contribution in [3.63, 3.8) is 0 Å². The van der Waals surface area contributed by atoms with Crippen molar-refractivity contribution in [2.45, 2.75) is 26.2 Å². The SMILES string of the molecule is C[Si](C)(C)[Si](C)(c1ccc(N)cc1)c1ccc(N)cc1. The Labute approximate surface area is 123 Å². The van der Waals surface area contributed by atoms with Crippen molar-refractivity contribution in [2.24, 2.45) is 0 Å². The zero-order chi connectivity index (χ0) is 15.0. The first-order valence-corrected chi connectivity index (χ1v) is 14.0. The minimum absolute atomic E-state index is 0.831. The fraction of sp³-hybridized carbons (Fsp3) is 0.250. The number of anilines is 2. The van der Waals surface area contributed by atoms with Crippen molar-refractivity contribution in [3.05, 3.63) is 48.5 Å². The summed E-state index contributed by atoms with van der Waals surface area (Å²) >= 11 is 0. The van der Waals surface area contributed by atoms with Crippen molar-refractivity contribution in [1.29, 1.82) is 0 Å². The average Bonchev–Trinajstić information content (AvgIpc) is 2.38. The van der Waals surface area contributed by atoms with Crippen LogP contribution >= 0.6 is 0 Å². The third-order valence-corrected chi connectivity index (χ3v) is 21.2. The monoisotopic (exact) mass is 300 g/mol. The molecule has 0 aliphatic carbocycles. The van der Waals surface area contributed by atoms with Crippen LogP contribution in [0.25, 0.3) is 0 Å². The summed E-state index contributed by atoms with van der Waals surface area (Å²) in [5.41, 5.74) is 13.4. The summed E-state index contributed by atoms with van der Waals surface area (Å²) in [6.45, 7) is 9.88. The van der Waals surface area contributed by atoms with Gasteiger partial charge in [-0.2, -0.15) is 0 Å². The van der Waals surface area contributed by atoms with Gasteiger partial charge >= 0.3 is 0 Å². The van der Waals surface area contributed by atoms with Crippen LogP contribution in [0, 0.1) is 0 Å². The van der Waals surface area contributed by atoms with Gasteiger partial charge in [-0.05, 0) is 24.3 Å². The van der Waals surface area contributed by atoms with E-state index in [1.807, 2.05) is 24.3 Å². The van der Waals surface area contributed by atoms with Gasteiger partial charge in [0, 0.05) is 19.0 Å². The molecule has 4 N–H and O–H groups in total. The highest BCUT2D eigenvalue weighted by molar-refractivity contribution is 7.50. The molecule has 2 nitrogen and oxygen atoms in total. The van der Waals surface area contributed by atoms with Crippen LogP contribution < -0.4 is 21.8 Å². The lowest BCUT2D eigenvalue weighted by Crippen LogP contribution is -2.71. The Morgan fingerprint density at radius 3 is 1.15 bits per heavy atom. The van der Waals surface area contributed by atoms with Crippen LogP contribution in [0.5, 0.6) is 0 Å². The predicted octanol–water partition coefficient (Wildman–Crippen LogP) is 2.46. The highest BCUT2D eigenvalue weighted by Gasteiger charge is 2.44. The highest BCUT2D eigenvalue weighted by atomic mass is 29.3. The molecule has 2 aromatic rings. The lowest BCUT2D eigenvalue weighted by atomic mass is 10.3. The minimum atomic E-state index is -1.72. The van der Waals surface area contributed by atoms with Gasteiger partial charge < -0.3 is 11.5 Å². The van der Waals surface area contributed by atoms with Gasteiger partial charge in [-0.1, -0.05) is 60.8 Å². The summed E-state index contributed by atoms with van der Waals surface area (Å²) in [7, 11) is -3.09. The van der Waals surface area contributed by atoms with Crippen LogP contribution in [0.3, 0.4) is 0 Å². The Bertz CT molecular complexity index is 538. The van der Waals surface area contributed by atoms with Gasteiger partial charge in [-0.25, -0.2) is 0 Å². The zero-order valence-electron chi connectivity index (χ0n) is 12.8. The first-order valence-electron chi connectivity index (χ1n) is 6.97. The number of rotatable bonds is 3. The lowest BCUT2D eigenvalue weighted by molar-refractivity contribution is 1.66. The maximum atomic E-state index is 5.85. The second-order valence-corrected chi connectivity index (χ2v) is 22.0. The van der Waals surface area contributed by atoms with Crippen molar-refractivity contribution in [3.8, 4) is 0 Å². The summed E-state index contributed by atoms with van der Waals surface area (Å²) in [6.07, 6.45) is 0. The van der Waals surface area contributed by atoms with Crippen molar-refractivity contribution >= 4 is 36.9 Å². The lowest BCUT2D eigenvalue weighted by Gasteiger charge is -2.40. The smallest absolute Gasteiger partial charge is 0.107 e. The summed E-state index contributed by atoms with van der Waals surface area (Å²) < 4.78 is 0. The van der Waals surface area contributed by atoms with Gasteiger partial charge in [-0.15, -0.1) is 0 Å². The molecule has 20 heavy (non-hydrogen) atoms. The van der Waals surface area contributed by atoms with E-state index in [1.54, 1.807) is 0 Å². The van der Waals surface area contributed by atoms with E-state index in [2.05, 4.69) is 50.5 Å². The van der Waals surface area contributed by atoms with Crippen molar-refractivity contribution in [1.82, 2.24) is 0 Å². The van der Waals surface area contributed by atoms with Gasteiger partial charge in [0.05, 0.1) is 0 Å². The molecule has 0 fully saturated rings. The average molecular weight is 301 g/mol. The fourth-order valence-electron chi connectivity index (χ4n) is 2.67. The van der Waals surface area contributed by atoms with Crippen LogP contribution in [-0.4, -0.2) is 15.2 Å². The maximum absolute atomic E-state index is 5.85. The number of nitrogen functional groups attached to an aromatic ring is 2. The van der Waals surface area contributed by atoms with Gasteiger partial charge in [0.1, 0.15) is 7.59 Å². The molecule has 4 heteroatoms. The van der Waals surface area contributed by atoms with Crippen molar-refractivity contribution < 1.29 is 0 Å². The molecule has 0 unspecified atom stereocenters. The second kappa shape index (κ2) is 5.11. The van der Waals surface area contributed by atoms with Crippen LogP contribution in [0.4, 0.5) is 11.4 Å². The van der Waals surface area contributed by atoms with E-state index >= 15 is 0 Å². The van der Waals surface area contributed by atoms with Crippen LogP contribution in [0.15, 0.2) is 48.5 Å². The zero-order valence-corrected chi connectivity index (χ0v) is 14.8. The molecular formula is C16H24N2Si2. The van der Waals surface area contributed by atoms with Crippen LogP contribution in [0.2, 0.25) is 26.2 Å². The Morgan fingerprint density at radius 1 is 0.600 bits per heavy atom. The van der Waals surface area contributed by atoms with Gasteiger partial charge in [0.2, 0.25) is 0 Å². The highest BCUT2D eigenvalue weighted by Crippen LogP contribution is 2.20. The normalized spacial score (nSPS) is 12.4. The Morgan fingerprint density at radius 2 is 0.900 bits per heavy atom. The summed E-state index contributed by atoms with van der Waals surface area (Å²) in [5.74, 6) is 0. The van der Waals surface area contributed by atoms with E-state index in [0.29, 0.717) is 0 Å². The van der Waals surface area contributed by atoms with Gasteiger partial charge in [-0.3, -0.25) is 0 Å². The molecule has 0 radical (unpaired) electrons. The topological polar surface area (TPSA) is 52.0 Å². The molecule has 0 heterocycles. The predicted molar refractivity (Wildman–Crippen MR) is 95.9 cm³/mol. The largest absolute Gasteiger partial charge is 0.399 e. The third kappa shape index (κ3) is 2.53. The van der Waals surface area contributed by atoms with E-state index in [0.717, 1.165) is 11.4 Å². The standard InChI is InChI=1S/C16H24N2Si2/c1-19(2,3)20(4,15-9-5-13(17)6-10-15)16-11-7-14(18)8-12-16/h5-12H,17-18H2,1-4H3. The van der Waals surface area contributed by atoms with Crippen molar-refractivity contribution in [2.75, 3.05) is 11.5 Å². The molecule has 0 amide bonds. The second-order valence-electron chi connectivity index (χ2n) is 6.62.